The molecule has 0 radical (unpaired) electrons. The summed E-state index contributed by atoms with van der Waals surface area (Å²) >= 11 is 5.39. The standard InChI is InChI=1S/C11H7BrIN3O3/c12-7-2-1-5(13)3-6(7)10(17)14-9-4-8(11(18)19)15-16-9/h1-4H,(H,18,19)(H2,14,15,16,17). The van der Waals surface area contributed by atoms with Gasteiger partial charge in [0, 0.05) is 14.1 Å². The third-order valence-electron chi connectivity index (χ3n) is 2.22. The van der Waals surface area contributed by atoms with Crippen molar-refractivity contribution in [3.63, 3.8) is 0 Å². The van der Waals surface area contributed by atoms with Crippen molar-refractivity contribution in [2.45, 2.75) is 0 Å². The molecule has 1 heterocycles. The smallest absolute Gasteiger partial charge is 0.353 e. The molecular formula is C11H7BrIN3O3. The van der Waals surface area contributed by atoms with Gasteiger partial charge in [-0.15, -0.1) is 0 Å². The molecular weight excluding hydrogens is 429 g/mol. The summed E-state index contributed by atoms with van der Waals surface area (Å²) in [6.45, 7) is 0. The van der Waals surface area contributed by atoms with E-state index in [-0.39, 0.29) is 17.4 Å². The molecule has 0 unspecified atom stereocenters. The molecule has 0 atom stereocenters. The Bertz CT molecular complexity index is 656. The predicted octanol–water partition coefficient (Wildman–Crippen LogP) is 2.73. The molecule has 3 N–H and O–H groups in total. The van der Waals surface area contributed by atoms with Gasteiger partial charge in [0.25, 0.3) is 5.91 Å². The number of halogens is 2. The lowest BCUT2D eigenvalue weighted by atomic mass is 10.2. The second-order valence-electron chi connectivity index (χ2n) is 3.55. The third kappa shape index (κ3) is 3.32. The van der Waals surface area contributed by atoms with E-state index in [0.717, 1.165) is 3.57 Å². The van der Waals surface area contributed by atoms with Crippen LogP contribution in [-0.4, -0.2) is 27.2 Å². The zero-order chi connectivity index (χ0) is 14.0. The van der Waals surface area contributed by atoms with Gasteiger partial charge < -0.3 is 10.4 Å². The second kappa shape index (κ2) is 5.70. The fourth-order valence-electron chi connectivity index (χ4n) is 1.35. The Morgan fingerprint density at radius 3 is 2.74 bits per heavy atom. The summed E-state index contributed by atoms with van der Waals surface area (Å²) in [6.07, 6.45) is 0. The van der Waals surface area contributed by atoms with Crippen LogP contribution < -0.4 is 5.32 Å². The molecule has 19 heavy (non-hydrogen) atoms. The first-order chi connectivity index (χ1) is 8.97. The molecule has 8 heteroatoms. The van der Waals surface area contributed by atoms with E-state index < -0.39 is 5.97 Å². The summed E-state index contributed by atoms with van der Waals surface area (Å²) in [4.78, 5) is 22.7. The SMILES string of the molecule is O=C(O)c1cc(NC(=O)c2cc(I)ccc2Br)n[nH]1. The van der Waals surface area contributed by atoms with E-state index in [1.807, 2.05) is 6.07 Å². The van der Waals surface area contributed by atoms with Crippen molar-refractivity contribution in [3.05, 3.63) is 43.6 Å². The van der Waals surface area contributed by atoms with Gasteiger partial charge in [-0.3, -0.25) is 9.89 Å². The van der Waals surface area contributed by atoms with Crippen molar-refractivity contribution >= 4 is 56.2 Å². The van der Waals surface area contributed by atoms with Crippen molar-refractivity contribution in [3.8, 4) is 0 Å². The van der Waals surface area contributed by atoms with Crippen molar-refractivity contribution < 1.29 is 14.7 Å². The molecule has 0 aliphatic carbocycles. The predicted molar refractivity (Wildman–Crippen MR) is 80.4 cm³/mol. The molecule has 6 nitrogen and oxygen atoms in total. The molecule has 0 aliphatic heterocycles. The van der Waals surface area contributed by atoms with Crippen LogP contribution in [0.2, 0.25) is 0 Å². The van der Waals surface area contributed by atoms with E-state index in [2.05, 4.69) is 54.0 Å². The van der Waals surface area contributed by atoms with Crippen LogP contribution in [0.1, 0.15) is 20.8 Å². The molecule has 1 aromatic heterocycles. The maximum atomic E-state index is 12.0. The number of carbonyl (C=O) groups is 2. The van der Waals surface area contributed by atoms with Crippen molar-refractivity contribution in [2.75, 3.05) is 5.32 Å². The topological polar surface area (TPSA) is 95.1 Å². The van der Waals surface area contributed by atoms with Gasteiger partial charge in [-0.2, -0.15) is 5.10 Å². The average molecular weight is 436 g/mol. The lowest BCUT2D eigenvalue weighted by Gasteiger charge is -2.04. The van der Waals surface area contributed by atoms with Crippen LogP contribution in [0, 0.1) is 3.57 Å². The van der Waals surface area contributed by atoms with E-state index in [1.54, 1.807) is 12.1 Å². The molecule has 1 amide bonds. The average Bonchev–Trinajstić information content (AvgIpc) is 2.80. The highest BCUT2D eigenvalue weighted by atomic mass is 127. The number of carboxylic acid groups (broad SMARTS) is 1. The number of carbonyl (C=O) groups excluding carboxylic acids is 1. The summed E-state index contributed by atoms with van der Waals surface area (Å²) in [7, 11) is 0. The Kier molecular flexibility index (Phi) is 4.20. The van der Waals surface area contributed by atoms with Crippen molar-refractivity contribution in [1.82, 2.24) is 10.2 Å². The minimum Gasteiger partial charge on any atom is -0.477 e. The van der Waals surface area contributed by atoms with Crippen LogP contribution in [0.5, 0.6) is 0 Å². The lowest BCUT2D eigenvalue weighted by molar-refractivity contribution is 0.0690. The lowest BCUT2D eigenvalue weighted by Crippen LogP contribution is -2.13. The molecule has 2 aromatic rings. The molecule has 2 rings (SSSR count). The fourth-order valence-corrected chi connectivity index (χ4v) is 2.27. The number of hydrogen-bond donors (Lipinski definition) is 3. The van der Waals surface area contributed by atoms with Crippen LogP contribution in [0.3, 0.4) is 0 Å². The van der Waals surface area contributed by atoms with Gasteiger partial charge in [0.1, 0.15) is 5.69 Å². The summed E-state index contributed by atoms with van der Waals surface area (Å²) in [5.74, 6) is -1.34. The molecule has 0 spiro atoms. The number of nitrogens with one attached hydrogen (secondary N) is 2. The van der Waals surface area contributed by atoms with Crippen LogP contribution >= 0.6 is 38.5 Å². The number of nitrogens with zero attached hydrogens (tertiary/aromatic N) is 1. The van der Waals surface area contributed by atoms with Crippen LogP contribution in [-0.2, 0) is 0 Å². The first-order valence-electron chi connectivity index (χ1n) is 5.02. The van der Waals surface area contributed by atoms with Gasteiger partial charge >= 0.3 is 5.97 Å². The summed E-state index contributed by atoms with van der Waals surface area (Å²) in [6, 6.07) is 6.59. The van der Waals surface area contributed by atoms with E-state index in [9.17, 15) is 9.59 Å². The van der Waals surface area contributed by atoms with Gasteiger partial charge in [0.2, 0.25) is 0 Å². The Morgan fingerprint density at radius 2 is 2.11 bits per heavy atom. The number of anilines is 1. The maximum absolute atomic E-state index is 12.0. The molecule has 98 valence electrons. The molecule has 0 saturated carbocycles. The zero-order valence-electron chi connectivity index (χ0n) is 9.28. The monoisotopic (exact) mass is 435 g/mol. The first kappa shape index (κ1) is 14.0. The fraction of sp³-hybridized carbons (Fsp3) is 0. The van der Waals surface area contributed by atoms with Crippen LogP contribution in [0.15, 0.2) is 28.7 Å². The van der Waals surface area contributed by atoms with Gasteiger partial charge in [0.05, 0.1) is 5.56 Å². The maximum Gasteiger partial charge on any atom is 0.353 e. The van der Waals surface area contributed by atoms with Gasteiger partial charge in [-0.05, 0) is 56.7 Å². The third-order valence-corrected chi connectivity index (χ3v) is 3.59. The van der Waals surface area contributed by atoms with Gasteiger partial charge in [0.15, 0.2) is 5.82 Å². The van der Waals surface area contributed by atoms with E-state index >= 15 is 0 Å². The highest BCUT2D eigenvalue weighted by Crippen LogP contribution is 2.20. The number of aromatic carboxylic acids is 1. The number of amides is 1. The summed E-state index contributed by atoms with van der Waals surface area (Å²) in [5.41, 5.74) is 0.365. The summed E-state index contributed by atoms with van der Waals surface area (Å²) < 4.78 is 1.57. The molecule has 0 saturated heterocycles. The van der Waals surface area contributed by atoms with Crippen molar-refractivity contribution in [1.29, 1.82) is 0 Å². The molecule has 1 aromatic carbocycles. The normalized spacial score (nSPS) is 10.2. The Morgan fingerprint density at radius 1 is 1.37 bits per heavy atom. The van der Waals surface area contributed by atoms with Crippen molar-refractivity contribution in [2.24, 2.45) is 0 Å². The molecule has 0 bridgehead atoms. The number of hydrogen-bond acceptors (Lipinski definition) is 3. The highest BCUT2D eigenvalue weighted by molar-refractivity contribution is 14.1. The first-order valence-corrected chi connectivity index (χ1v) is 6.89. The van der Waals surface area contributed by atoms with Gasteiger partial charge in [-0.1, -0.05) is 0 Å². The minimum absolute atomic E-state index is 0.0861. The largest absolute Gasteiger partial charge is 0.477 e. The van der Waals surface area contributed by atoms with E-state index in [4.69, 9.17) is 5.11 Å². The highest BCUT2D eigenvalue weighted by Gasteiger charge is 2.14. The molecule has 0 aliphatic rings. The number of aromatic nitrogens is 2. The Hall–Kier alpha value is -1.42. The van der Waals surface area contributed by atoms with Crippen LogP contribution in [0.4, 0.5) is 5.82 Å². The molecule has 0 fully saturated rings. The number of carboxylic acids is 1. The number of benzene rings is 1. The minimum atomic E-state index is -1.14. The Labute approximate surface area is 129 Å². The number of aromatic amines is 1. The zero-order valence-corrected chi connectivity index (χ0v) is 13.0. The second-order valence-corrected chi connectivity index (χ2v) is 5.65. The van der Waals surface area contributed by atoms with Gasteiger partial charge in [-0.25, -0.2) is 4.79 Å². The van der Waals surface area contributed by atoms with E-state index in [1.165, 1.54) is 6.07 Å². The van der Waals surface area contributed by atoms with Crippen LogP contribution in [0.25, 0.3) is 0 Å². The Balaban J connectivity index is 2.20. The summed E-state index contributed by atoms with van der Waals surface area (Å²) in [5, 5.41) is 17.3. The number of rotatable bonds is 3. The van der Waals surface area contributed by atoms with E-state index in [0.29, 0.717) is 10.0 Å². The number of H-pyrrole nitrogens is 1. The quantitative estimate of drug-likeness (QED) is 0.646.